The number of hydrogen-bond acceptors (Lipinski definition) is 1. The van der Waals surface area contributed by atoms with Crippen molar-refractivity contribution < 1.29 is 22.7 Å². The number of rotatable bonds is 1. The van der Waals surface area contributed by atoms with Crippen molar-refractivity contribution in [2.75, 3.05) is 0 Å². The van der Waals surface area contributed by atoms with Gasteiger partial charge in [0.15, 0.2) is 5.60 Å². The van der Waals surface area contributed by atoms with Gasteiger partial charge in [-0.2, -0.15) is 13.2 Å². The Labute approximate surface area is 91.9 Å². The van der Waals surface area contributed by atoms with Crippen LogP contribution < -0.4 is 0 Å². The maximum absolute atomic E-state index is 12.6. The highest BCUT2D eigenvalue weighted by Crippen LogP contribution is 2.41. The molecule has 1 nitrogen and oxygen atoms in total. The van der Waals surface area contributed by atoms with E-state index in [-0.39, 0.29) is 4.47 Å². The van der Waals surface area contributed by atoms with Gasteiger partial charge in [-0.1, -0.05) is 22.0 Å². The molecule has 0 spiro atoms. The van der Waals surface area contributed by atoms with Gasteiger partial charge < -0.3 is 5.11 Å². The molecular formula is C9H7BrF4O. The van der Waals surface area contributed by atoms with Gasteiger partial charge in [-0.05, 0) is 19.1 Å². The quantitative estimate of drug-likeness (QED) is 0.785. The highest BCUT2D eigenvalue weighted by atomic mass is 79.9. The van der Waals surface area contributed by atoms with Crippen molar-refractivity contribution in [3.8, 4) is 0 Å². The van der Waals surface area contributed by atoms with Crippen molar-refractivity contribution in [3.05, 3.63) is 34.1 Å². The molecule has 0 saturated heterocycles. The summed E-state index contributed by atoms with van der Waals surface area (Å²) in [6.45, 7) is 0.616. The molecule has 1 aromatic rings. The van der Waals surface area contributed by atoms with Crippen molar-refractivity contribution in [2.24, 2.45) is 0 Å². The molecule has 0 aromatic heterocycles. The predicted octanol–water partition coefficient (Wildman–Crippen LogP) is 3.36. The van der Waals surface area contributed by atoms with Crippen LogP contribution in [-0.2, 0) is 5.60 Å². The molecule has 0 saturated carbocycles. The summed E-state index contributed by atoms with van der Waals surface area (Å²) in [5, 5.41) is 9.32. The Morgan fingerprint density at radius 3 is 2.20 bits per heavy atom. The van der Waals surface area contributed by atoms with Gasteiger partial charge >= 0.3 is 6.18 Å². The fraction of sp³-hybridized carbons (Fsp3) is 0.333. The number of benzene rings is 1. The first-order valence-corrected chi connectivity index (χ1v) is 4.70. The fourth-order valence-electron chi connectivity index (χ4n) is 1.04. The molecule has 0 amide bonds. The van der Waals surface area contributed by atoms with Crippen LogP contribution in [0.15, 0.2) is 22.7 Å². The lowest BCUT2D eigenvalue weighted by Gasteiger charge is -2.27. The Morgan fingerprint density at radius 1 is 1.27 bits per heavy atom. The average molecular weight is 287 g/mol. The van der Waals surface area contributed by atoms with Crippen LogP contribution in [0.4, 0.5) is 17.6 Å². The third-order valence-corrected chi connectivity index (χ3v) is 2.66. The molecule has 1 atom stereocenters. The van der Waals surface area contributed by atoms with E-state index in [1.54, 1.807) is 0 Å². The van der Waals surface area contributed by atoms with Gasteiger partial charge in [0, 0.05) is 10.0 Å². The summed E-state index contributed by atoms with van der Waals surface area (Å²) in [5.74, 6) is -0.677. The Kier molecular flexibility index (Phi) is 3.11. The van der Waals surface area contributed by atoms with Crippen LogP contribution in [0.5, 0.6) is 0 Å². The molecule has 1 unspecified atom stereocenters. The van der Waals surface area contributed by atoms with Crippen molar-refractivity contribution in [1.29, 1.82) is 0 Å². The molecule has 1 N–H and O–H groups in total. The maximum atomic E-state index is 12.6. The molecular weight excluding hydrogens is 280 g/mol. The zero-order valence-electron chi connectivity index (χ0n) is 7.57. The standard InChI is InChI=1S/C9H7BrF4O/c1-8(15,9(12,13)14)6-3-2-5(11)4-7(6)10/h2-4,15H,1H3. The SMILES string of the molecule is CC(O)(c1ccc(F)cc1Br)C(F)(F)F. The lowest BCUT2D eigenvalue weighted by atomic mass is 9.95. The molecule has 84 valence electrons. The first-order chi connectivity index (χ1) is 6.66. The Morgan fingerprint density at radius 2 is 1.80 bits per heavy atom. The van der Waals surface area contributed by atoms with E-state index < -0.39 is 23.2 Å². The number of aliphatic hydroxyl groups is 1. The summed E-state index contributed by atoms with van der Waals surface area (Å²) in [5.41, 5.74) is -3.42. The van der Waals surface area contributed by atoms with E-state index >= 15 is 0 Å². The summed E-state index contributed by atoms with van der Waals surface area (Å²) in [4.78, 5) is 0. The first-order valence-electron chi connectivity index (χ1n) is 3.91. The normalized spacial score (nSPS) is 16.2. The van der Waals surface area contributed by atoms with Crippen LogP contribution in [-0.4, -0.2) is 11.3 Å². The minimum absolute atomic E-state index is 0.121. The second-order valence-electron chi connectivity index (χ2n) is 3.19. The lowest BCUT2D eigenvalue weighted by molar-refractivity contribution is -0.259. The molecule has 0 bridgehead atoms. The van der Waals surface area contributed by atoms with Crippen molar-refractivity contribution in [3.63, 3.8) is 0 Å². The summed E-state index contributed by atoms with van der Waals surface area (Å²) in [6.07, 6.45) is -4.81. The van der Waals surface area contributed by atoms with Gasteiger partial charge in [0.1, 0.15) is 5.82 Å². The third kappa shape index (κ3) is 2.31. The van der Waals surface area contributed by atoms with Gasteiger partial charge in [-0.3, -0.25) is 0 Å². The van der Waals surface area contributed by atoms with Crippen LogP contribution in [0.1, 0.15) is 12.5 Å². The minimum Gasteiger partial charge on any atom is -0.376 e. The Hall–Kier alpha value is -0.620. The number of hydrogen-bond donors (Lipinski definition) is 1. The van der Waals surface area contributed by atoms with E-state index in [2.05, 4.69) is 15.9 Å². The number of halogens is 5. The zero-order valence-corrected chi connectivity index (χ0v) is 9.16. The fourth-order valence-corrected chi connectivity index (χ4v) is 1.77. The average Bonchev–Trinajstić information content (AvgIpc) is 2.00. The van der Waals surface area contributed by atoms with Crippen molar-refractivity contribution >= 4 is 15.9 Å². The van der Waals surface area contributed by atoms with E-state index in [9.17, 15) is 22.7 Å². The van der Waals surface area contributed by atoms with Crippen molar-refractivity contribution in [2.45, 2.75) is 18.7 Å². The maximum Gasteiger partial charge on any atom is 0.421 e. The topological polar surface area (TPSA) is 20.2 Å². The van der Waals surface area contributed by atoms with Crippen LogP contribution >= 0.6 is 15.9 Å². The van der Waals surface area contributed by atoms with Crippen LogP contribution in [0, 0.1) is 5.82 Å². The van der Waals surface area contributed by atoms with E-state index in [4.69, 9.17) is 0 Å². The molecule has 0 aliphatic carbocycles. The monoisotopic (exact) mass is 286 g/mol. The molecule has 0 fully saturated rings. The molecule has 15 heavy (non-hydrogen) atoms. The van der Waals surface area contributed by atoms with E-state index in [1.165, 1.54) is 0 Å². The van der Waals surface area contributed by atoms with Crippen molar-refractivity contribution in [1.82, 2.24) is 0 Å². The smallest absolute Gasteiger partial charge is 0.376 e. The van der Waals surface area contributed by atoms with E-state index in [0.29, 0.717) is 6.92 Å². The van der Waals surface area contributed by atoms with Gasteiger partial charge in [-0.15, -0.1) is 0 Å². The lowest BCUT2D eigenvalue weighted by Crippen LogP contribution is -2.39. The van der Waals surface area contributed by atoms with E-state index in [1.807, 2.05) is 0 Å². The molecule has 0 radical (unpaired) electrons. The summed E-state index contributed by atoms with van der Waals surface area (Å²) >= 11 is 2.78. The van der Waals surface area contributed by atoms with Crippen LogP contribution in [0.3, 0.4) is 0 Å². The second-order valence-corrected chi connectivity index (χ2v) is 4.05. The van der Waals surface area contributed by atoms with Gasteiger partial charge in [-0.25, -0.2) is 4.39 Å². The van der Waals surface area contributed by atoms with Crippen LogP contribution in [0.2, 0.25) is 0 Å². The molecule has 0 aliphatic heterocycles. The highest BCUT2D eigenvalue weighted by Gasteiger charge is 2.51. The third-order valence-electron chi connectivity index (χ3n) is 2.01. The van der Waals surface area contributed by atoms with Gasteiger partial charge in [0.2, 0.25) is 0 Å². The number of alkyl halides is 3. The highest BCUT2D eigenvalue weighted by molar-refractivity contribution is 9.10. The Bertz CT molecular complexity index is 373. The molecule has 0 aliphatic rings. The largest absolute Gasteiger partial charge is 0.421 e. The van der Waals surface area contributed by atoms with Gasteiger partial charge in [0.05, 0.1) is 0 Å². The Balaban J connectivity index is 3.28. The molecule has 1 rings (SSSR count). The summed E-state index contributed by atoms with van der Waals surface area (Å²) < 4.78 is 49.8. The minimum atomic E-state index is -4.81. The van der Waals surface area contributed by atoms with E-state index in [0.717, 1.165) is 18.2 Å². The zero-order chi connectivity index (χ0) is 11.9. The molecule has 1 aromatic carbocycles. The summed E-state index contributed by atoms with van der Waals surface area (Å²) in [7, 11) is 0. The first kappa shape index (κ1) is 12.4. The predicted molar refractivity (Wildman–Crippen MR) is 49.7 cm³/mol. The molecule has 0 heterocycles. The second kappa shape index (κ2) is 3.75. The van der Waals surface area contributed by atoms with Gasteiger partial charge in [0.25, 0.3) is 0 Å². The van der Waals surface area contributed by atoms with Crippen LogP contribution in [0.25, 0.3) is 0 Å². The summed E-state index contributed by atoms with van der Waals surface area (Å²) in [6, 6.07) is 2.63. The molecule has 6 heteroatoms.